The number of nitrogens with one attached hydrogen (secondary N) is 1. The van der Waals surface area contributed by atoms with Crippen LogP contribution in [0.4, 0.5) is 0 Å². The fraction of sp³-hybridized carbons (Fsp3) is 0.588. The van der Waals surface area contributed by atoms with E-state index in [-0.39, 0.29) is 5.91 Å². The van der Waals surface area contributed by atoms with E-state index in [1.165, 1.54) is 24.0 Å². The highest BCUT2D eigenvalue weighted by atomic mass is 16.2. The maximum atomic E-state index is 12.0. The number of nitrogens with zero attached hydrogens (tertiary/aromatic N) is 1. The lowest BCUT2D eigenvalue weighted by atomic mass is 10.0. The number of carbonyl (C=O) groups is 1. The van der Waals surface area contributed by atoms with Gasteiger partial charge in [0.2, 0.25) is 5.91 Å². The predicted molar refractivity (Wildman–Crippen MR) is 82.6 cm³/mol. The van der Waals surface area contributed by atoms with Crippen molar-refractivity contribution in [1.82, 2.24) is 10.2 Å². The molecule has 1 aliphatic carbocycles. The van der Waals surface area contributed by atoms with Crippen molar-refractivity contribution in [1.29, 1.82) is 0 Å². The maximum Gasteiger partial charge on any atom is 0.223 e. The fourth-order valence-corrected chi connectivity index (χ4v) is 2.23. The minimum atomic E-state index is 0.214. The molecule has 0 bridgehead atoms. The van der Waals surface area contributed by atoms with Crippen LogP contribution in [0.2, 0.25) is 0 Å². The summed E-state index contributed by atoms with van der Waals surface area (Å²) in [5.74, 6) is 0.767. The lowest BCUT2D eigenvalue weighted by Gasteiger charge is -2.18. The second kappa shape index (κ2) is 6.89. The Morgan fingerprint density at radius 2 is 1.95 bits per heavy atom. The van der Waals surface area contributed by atoms with Crippen molar-refractivity contribution in [2.45, 2.75) is 51.6 Å². The molecule has 3 heteroatoms. The predicted octanol–water partition coefficient (Wildman–Crippen LogP) is 2.91. The van der Waals surface area contributed by atoms with Gasteiger partial charge in [-0.3, -0.25) is 4.79 Å². The first-order chi connectivity index (χ1) is 9.56. The summed E-state index contributed by atoms with van der Waals surface area (Å²) < 4.78 is 0. The molecule has 0 aromatic heterocycles. The van der Waals surface area contributed by atoms with Gasteiger partial charge in [-0.05, 0) is 29.9 Å². The van der Waals surface area contributed by atoms with Gasteiger partial charge < -0.3 is 10.2 Å². The number of amides is 1. The first-order valence-electron chi connectivity index (χ1n) is 7.62. The molecular formula is C17H26N2O. The Balaban J connectivity index is 1.76. The molecule has 1 amide bonds. The monoisotopic (exact) mass is 274 g/mol. The van der Waals surface area contributed by atoms with E-state index in [4.69, 9.17) is 0 Å². The van der Waals surface area contributed by atoms with Crippen molar-refractivity contribution in [3.05, 3.63) is 35.4 Å². The van der Waals surface area contributed by atoms with E-state index >= 15 is 0 Å². The lowest BCUT2D eigenvalue weighted by molar-refractivity contribution is -0.130. The third-order valence-electron chi connectivity index (χ3n) is 3.84. The van der Waals surface area contributed by atoms with Crippen molar-refractivity contribution >= 4 is 5.91 Å². The normalized spacial score (nSPS) is 14.6. The van der Waals surface area contributed by atoms with Crippen LogP contribution in [0.1, 0.15) is 50.2 Å². The summed E-state index contributed by atoms with van der Waals surface area (Å²) in [4.78, 5) is 13.8. The van der Waals surface area contributed by atoms with Gasteiger partial charge >= 0.3 is 0 Å². The molecule has 0 unspecified atom stereocenters. The number of hydrogen-bond donors (Lipinski definition) is 1. The SMILES string of the molecule is CC(C)c1ccc(CN(C)C(=O)CCNC2CC2)cc1. The molecule has 1 aromatic carbocycles. The minimum absolute atomic E-state index is 0.214. The standard InChI is InChI=1S/C17H26N2O/c1-13(2)15-6-4-14(5-7-15)12-19(3)17(20)10-11-18-16-8-9-16/h4-7,13,16,18H,8-12H2,1-3H3. The van der Waals surface area contributed by atoms with Gasteiger partial charge in [-0.25, -0.2) is 0 Å². The Morgan fingerprint density at radius 1 is 1.30 bits per heavy atom. The maximum absolute atomic E-state index is 12.0. The summed E-state index contributed by atoms with van der Waals surface area (Å²) in [7, 11) is 1.88. The molecular weight excluding hydrogens is 248 g/mol. The highest BCUT2D eigenvalue weighted by Gasteiger charge is 2.20. The molecule has 1 saturated carbocycles. The van der Waals surface area contributed by atoms with E-state index in [1.54, 1.807) is 0 Å². The van der Waals surface area contributed by atoms with Crippen molar-refractivity contribution < 1.29 is 4.79 Å². The molecule has 2 rings (SSSR count). The summed E-state index contributed by atoms with van der Waals surface area (Å²) >= 11 is 0. The molecule has 0 atom stereocenters. The summed E-state index contributed by atoms with van der Waals surface area (Å²) in [6, 6.07) is 9.25. The van der Waals surface area contributed by atoms with Crippen LogP contribution < -0.4 is 5.32 Å². The molecule has 20 heavy (non-hydrogen) atoms. The fourth-order valence-electron chi connectivity index (χ4n) is 2.23. The smallest absolute Gasteiger partial charge is 0.223 e. The zero-order valence-electron chi connectivity index (χ0n) is 12.9. The van der Waals surface area contributed by atoms with E-state index < -0.39 is 0 Å². The van der Waals surface area contributed by atoms with Gasteiger partial charge in [0.15, 0.2) is 0 Å². The van der Waals surface area contributed by atoms with Crippen molar-refractivity contribution in [3.63, 3.8) is 0 Å². The van der Waals surface area contributed by atoms with Crippen LogP contribution in [0.3, 0.4) is 0 Å². The summed E-state index contributed by atoms with van der Waals surface area (Å²) in [5.41, 5.74) is 2.54. The molecule has 3 nitrogen and oxygen atoms in total. The first kappa shape index (κ1) is 15.0. The topological polar surface area (TPSA) is 32.3 Å². The molecule has 0 saturated heterocycles. The van der Waals surface area contributed by atoms with Crippen LogP contribution in [0.25, 0.3) is 0 Å². The minimum Gasteiger partial charge on any atom is -0.341 e. The Morgan fingerprint density at radius 3 is 2.50 bits per heavy atom. The number of carbonyl (C=O) groups excluding carboxylic acids is 1. The first-order valence-corrected chi connectivity index (χ1v) is 7.62. The summed E-state index contributed by atoms with van der Waals surface area (Å²) in [6.07, 6.45) is 3.13. The van der Waals surface area contributed by atoms with Gasteiger partial charge in [-0.1, -0.05) is 38.1 Å². The van der Waals surface area contributed by atoms with Crippen LogP contribution in [-0.4, -0.2) is 30.4 Å². The number of rotatable bonds is 7. The molecule has 1 aliphatic rings. The van der Waals surface area contributed by atoms with Crippen LogP contribution in [0.5, 0.6) is 0 Å². The molecule has 1 fully saturated rings. The highest BCUT2D eigenvalue weighted by Crippen LogP contribution is 2.18. The number of hydrogen-bond acceptors (Lipinski definition) is 2. The van der Waals surface area contributed by atoms with Gasteiger partial charge in [0.25, 0.3) is 0 Å². The average molecular weight is 274 g/mol. The number of benzene rings is 1. The van der Waals surface area contributed by atoms with Gasteiger partial charge in [0.05, 0.1) is 0 Å². The Hall–Kier alpha value is -1.35. The quantitative estimate of drug-likeness (QED) is 0.829. The molecule has 0 radical (unpaired) electrons. The van der Waals surface area contributed by atoms with Gasteiger partial charge in [-0.2, -0.15) is 0 Å². The average Bonchev–Trinajstić information content (AvgIpc) is 3.23. The van der Waals surface area contributed by atoms with Crippen LogP contribution in [0.15, 0.2) is 24.3 Å². The second-order valence-electron chi connectivity index (χ2n) is 6.12. The lowest BCUT2D eigenvalue weighted by Crippen LogP contribution is -2.30. The third-order valence-corrected chi connectivity index (χ3v) is 3.84. The van der Waals surface area contributed by atoms with Crippen molar-refractivity contribution in [3.8, 4) is 0 Å². The van der Waals surface area contributed by atoms with Crippen LogP contribution in [-0.2, 0) is 11.3 Å². The van der Waals surface area contributed by atoms with E-state index in [9.17, 15) is 4.79 Å². The highest BCUT2D eigenvalue weighted by molar-refractivity contribution is 5.76. The van der Waals surface area contributed by atoms with E-state index in [0.717, 1.165) is 6.54 Å². The second-order valence-corrected chi connectivity index (χ2v) is 6.12. The Bertz CT molecular complexity index is 435. The van der Waals surface area contributed by atoms with Crippen molar-refractivity contribution in [2.75, 3.05) is 13.6 Å². The van der Waals surface area contributed by atoms with Crippen LogP contribution >= 0.6 is 0 Å². The van der Waals surface area contributed by atoms with Gasteiger partial charge in [0, 0.05) is 32.6 Å². The largest absolute Gasteiger partial charge is 0.341 e. The molecule has 0 heterocycles. The molecule has 110 valence electrons. The third kappa shape index (κ3) is 4.64. The molecule has 1 aromatic rings. The van der Waals surface area contributed by atoms with Crippen molar-refractivity contribution in [2.24, 2.45) is 0 Å². The van der Waals surface area contributed by atoms with Gasteiger partial charge in [-0.15, -0.1) is 0 Å². The molecule has 0 spiro atoms. The van der Waals surface area contributed by atoms with Crippen LogP contribution in [0, 0.1) is 0 Å². The molecule has 1 N–H and O–H groups in total. The Kier molecular flexibility index (Phi) is 5.18. The summed E-state index contributed by atoms with van der Waals surface area (Å²) in [6.45, 7) is 5.88. The zero-order valence-corrected chi connectivity index (χ0v) is 12.9. The van der Waals surface area contributed by atoms with Gasteiger partial charge in [0.1, 0.15) is 0 Å². The van der Waals surface area contributed by atoms with E-state index in [2.05, 4.69) is 43.4 Å². The Labute approximate surface area is 122 Å². The molecule has 0 aliphatic heterocycles. The van der Waals surface area contributed by atoms with E-state index in [1.807, 2.05) is 11.9 Å². The zero-order chi connectivity index (χ0) is 14.5. The summed E-state index contributed by atoms with van der Waals surface area (Å²) in [5, 5.41) is 3.38. The van der Waals surface area contributed by atoms with E-state index in [0.29, 0.717) is 24.9 Å².